The highest BCUT2D eigenvalue weighted by atomic mass is 16.5. The summed E-state index contributed by atoms with van der Waals surface area (Å²) in [5.41, 5.74) is 0. The molecule has 0 aromatic carbocycles. The van der Waals surface area contributed by atoms with Gasteiger partial charge in [0.15, 0.2) is 0 Å². The molecule has 1 rings (SSSR count). The van der Waals surface area contributed by atoms with Crippen molar-refractivity contribution in [1.82, 2.24) is 5.32 Å². The first-order valence-corrected chi connectivity index (χ1v) is 4.41. The van der Waals surface area contributed by atoms with Gasteiger partial charge in [-0.15, -0.1) is 0 Å². The fourth-order valence-electron chi connectivity index (χ4n) is 1.55. The van der Waals surface area contributed by atoms with E-state index < -0.39 is 24.5 Å². The van der Waals surface area contributed by atoms with E-state index in [2.05, 4.69) is 5.32 Å². The fraction of sp³-hybridized carbons (Fsp3) is 1.00. The number of ether oxygens (including phenoxy) is 1. The van der Waals surface area contributed by atoms with Crippen molar-refractivity contribution >= 4 is 0 Å². The van der Waals surface area contributed by atoms with Gasteiger partial charge in [0.1, 0.15) is 12.3 Å². The molecule has 0 aliphatic carbocycles. The minimum Gasteiger partial charge on any atom is -0.394 e. The van der Waals surface area contributed by atoms with Crippen LogP contribution in [0.25, 0.3) is 0 Å². The zero-order chi connectivity index (χ0) is 10.0. The number of aliphatic hydroxyl groups excluding tert-OH is 3. The Morgan fingerprint density at radius 1 is 1.31 bits per heavy atom. The van der Waals surface area contributed by atoms with Crippen LogP contribution in [0.4, 0.5) is 0 Å². The van der Waals surface area contributed by atoms with Gasteiger partial charge in [-0.3, -0.25) is 5.32 Å². The van der Waals surface area contributed by atoms with Gasteiger partial charge in [-0.1, -0.05) is 6.92 Å². The van der Waals surface area contributed by atoms with Gasteiger partial charge in [0.25, 0.3) is 0 Å². The molecule has 1 aliphatic rings. The number of rotatable bonds is 2. The summed E-state index contributed by atoms with van der Waals surface area (Å²) < 4.78 is 5.31. The second-order valence-electron chi connectivity index (χ2n) is 3.41. The highest BCUT2D eigenvalue weighted by Gasteiger charge is 2.40. The van der Waals surface area contributed by atoms with E-state index in [4.69, 9.17) is 9.84 Å². The standard InChI is InChI=1S/C8H17NO4/c1-4-5(3-10)13-8(9-2)7(12)6(4)11/h4-12H,3H2,1-2H3/t4-,5?,6?,7+,8+/m0/s1. The van der Waals surface area contributed by atoms with Crippen LogP contribution in [0.5, 0.6) is 0 Å². The van der Waals surface area contributed by atoms with Gasteiger partial charge in [0.05, 0.1) is 18.8 Å². The summed E-state index contributed by atoms with van der Waals surface area (Å²) in [6.07, 6.45) is -2.83. The van der Waals surface area contributed by atoms with Crippen LogP contribution >= 0.6 is 0 Å². The zero-order valence-electron chi connectivity index (χ0n) is 7.84. The molecule has 1 saturated heterocycles. The van der Waals surface area contributed by atoms with Gasteiger partial charge in [-0.25, -0.2) is 0 Å². The summed E-state index contributed by atoms with van der Waals surface area (Å²) in [5, 5.41) is 30.7. The van der Waals surface area contributed by atoms with Crippen LogP contribution in [0.3, 0.4) is 0 Å². The van der Waals surface area contributed by atoms with E-state index in [9.17, 15) is 10.2 Å². The minimum absolute atomic E-state index is 0.150. The molecule has 5 nitrogen and oxygen atoms in total. The predicted octanol–water partition coefficient (Wildman–Crippen LogP) is -1.72. The summed E-state index contributed by atoms with van der Waals surface area (Å²) in [7, 11) is 1.63. The van der Waals surface area contributed by atoms with Crippen molar-refractivity contribution < 1.29 is 20.1 Å². The van der Waals surface area contributed by atoms with Crippen LogP contribution in [0.2, 0.25) is 0 Å². The Morgan fingerprint density at radius 3 is 2.38 bits per heavy atom. The van der Waals surface area contributed by atoms with Crippen molar-refractivity contribution in [3.8, 4) is 0 Å². The molecule has 5 heteroatoms. The minimum atomic E-state index is -0.942. The molecule has 4 N–H and O–H groups in total. The van der Waals surface area contributed by atoms with E-state index in [-0.39, 0.29) is 12.5 Å². The van der Waals surface area contributed by atoms with E-state index in [0.29, 0.717) is 0 Å². The van der Waals surface area contributed by atoms with Crippen LogP contribution < -0.4 is 5.32 Å². The summed E-state index contributed by atoms with van der Waals surface area (Å²) in [6, 6.07) is 0. The quantitative estimate of drug-likeness (QED) is 0.417. The molecular formula is C8H17NO4. The molecule has 78 valence electrons. The van der Waals surface area contributed by atoms with Crippen molar-refractivity contribution in [2.75, 3.05) is 13.7 Å². The van der Waals surface area contributed by atoms with E-state index in [1.165, 1.54) is 0 Å². The van der Waals surface area contributed by atoms with E-state index >= 15 is 0 Å². The number of nitrogens with one attached hydrogen (secondary N) is 1. The Hall–Kier alpha value is -0.200. The lowest BCUT2D eigenvalue weighted by Crippen LogP contribution is -2.58. The predicted molar refractivity (Wildman–Crippen MR) is 46.0 cm³/mol. The second kappa shape index (κ2) is 4.34. The molecule has 0 aromatic heterocycles. The maximum atomic E-state index is 9.57. The van der Waals surface area contributed by atoms with Crippen molar-refractivity contribution in [1.29, 1.82) is 0 Å². The highest BCUT2D eigenvalue weighted by Crippen LogP contribution is 2.24. The Kier molecular flexibility index (Phi) is 3.63. The first kappa shape index (κ1) is 10.9. The first-order chi connectivity index (χ1) is 6.11. The molecule has 1 fully saturated rings. The fourth-order valence-corrected chi connectivity index (χ4v) is 1.55. The van der Waals surface area contributed by atoms with Gasteiger partial charge >= 0.3 is 0 Å². The normalized spacial score (nSPS) is 46.4. The van der Waals surface area contributed by atoms with E-state index in [0.717, 1.165) is 0 Å². The SMILES string of the molecule is CN[C@@H]1OC(CO)[C@H](C)C(O)[C@H]1O. The highest BCUT2D eigenvalue weighted by molar-refractivity contribution is 4.88. The van der Waals surface area contributed by atoms with Crippen molar-refractivity contribution in [2.45, 2.75) is 31.5 Å². The molecule has 0 aromatic rings. The van der Waals surface area contributed by atoms with Crippen LogP contribution in [-0.4, -0.2) is 53.5 Å². The smallest absolute Gasteiger partial charge is 0.137 e. The van der Waals surface area contributed by atoms with E-state index in [1.807, 2.05) is 0 Å². The lowest BCUT2D eigenvalue weighted by atomic mass is 9.90. The van der Waals surface area contributed by atoms with Gasteiger partial charge in [-0.05, 0) is 7.05 Å². The van der Waals surface area contributed by atoms with Crippen LogP contribution in [0.15, 0.2) is 0 Å². The third-order valence-electron chi connectivity index (χ3n) is 2.57. The zero-order valence-corrected chi connectivity index (χ0v) is 7.84. The van der Waals surface area contributed by atoms with Gasteiger partial charge < -0.3 is 20.1 Å². The number of aliphatic hydroxyl groups is 3. The van der Waals surface area contributed by atoms with Crippen LogP contribution in [-0.2, 0) is 4.74 Å². The Morgan fingerprint density at radius 2 is 1.92 bits per heavy atom. The molecule has 1 heterocycles. The summed E-state index contributed by atoms with van der Waals surface area (Å²) in [6.45, 7) is 1.59. The Labute approximate surface area is 77.3 Å². The average molecular weight is 191 g/mol. The summed E-state index contributed by atoms with van der Waals surface area (Å²) >= 11 is 0. The van der Waals surface area contributed by atoms with E-state index in [1.54, 1.807) is 14.0 Å². The van der Waals surface area contributed by atoms with Gasteiger partial charge in [0, 0.05) is 5.92 Å². The molecule has 0 amide bonds. The third-order valence-corrected chi connectivity index (χ3v) is 2.57. The average Bonchev–Trinajstić information content (AvgIpc) is 2.15. The lowest BCUT2D eigenvalue weighted by Gasteiger charge is -2.40. The molecule has 13 heavy (non-hydrogen) atoms. The molecule has 0 spiro atoms. The molecule has 0 radical (unpaired) electrons. The topological polar surface area (TPSA) is 82.0 Å². The molecular weight excluding hydrogens is 174 g/mol. The van der Waals surface area contributed by atoms with Gasteiger partial charge in [-0.2, -0.15) is 0 Å². The molecule has 0 bridgehead atoms. The second-order valence-corrected chi connectivity index (χ2v) is 3.41. The van der Waals surface area contributed by atoms with Gasteiger partial charge in [0.2, 0.25) is 0 Å². The molecule has 1 aliphatic heterocycles. The molecule has 5 atom stereocenters. The third kappa shape index (κ3) is 2.00. The van der Waals surface area contributed by atoms with Crippen LogP contribution in [0, 0.1) is 5.92 Å². The van der Waals surface area contributed by atoms with Crippen molar-refractivity contribution in [2.24, 2.45) is 5.92 Å². The van der Waals surface area contributed by atoms with Crippen LogP contribution in [0.1, 0.15) is 6.92 Å². The molecule has 2 unspecified atom stereocenters. The maximum absolute atomic E-state index is 9.57. The number of hydrogen-bond acceptors (Lipinski definition) is 5. The Balaban J connectivity index is 2.66. The maximum Gasteiger partial charge on any atom is 0.137 e. The Bertz CT molecular complexity index is 146. The first-order valence-electron chi connectivity index (χ1n) is 4.41. The largest absolute Gasteiger partial charge is 0.394 e. The summed E-state index contributed by atoms with van der Waals surface area (Å²) in [4.78, 5) is 0. The van der Waals surface area contributed by atoms with Crippen molar-refractivity contribution in [3.63, 3.8) is 0 Å². The number of likely N-dealkylation sites (N-methyl/N-ethyl adjacent to an activating group) is 1. The van der Waals surface area contributed by atoms with Crippen molar-refractivity contribution in [3.05, 3.63) is 0 Å². The monoisotopic (exact) mass is 191 g/mol. The number of hydrogen-bond donors (Lipinski definition) is 4. The summed E-state index contributed by atoms with van der Waals surface area (Å²) in [5.74, 6) is -0.260. The lowest BCUT2D eigenvalue weighted by molar-refractivity contribution is -0.211. The molecule has 0 saturated carbocycles.